The van der Waals surface area contributed by atoms with Crippen molar-refractivity contribution in [2.24, 2.45) is 21.7 Å². The summed E-state index contributed by atoms with van der Waals surface area (Å²) in [5.41, 5.74) is -1.82. The first-order chi connectivity index (χ1) is 17.1. The average molecular weight is 548 g/mol. The minimum Gasteiger partial charge on any atom is -0.351 e. The van der Waals surface area contributed by atoms with Crippen LogP contribution in [0, 0.1) is 16.7 Å². The number of hydrogen-bond donors (Lipinski definition) is 4. The molecule has 4 N–H and O–H groups in total. The molecule has 0 aromatic heterocycles. The Labute approximate surface area is 223 Å². The Balaban J connectivity index is 3.11. The van der Waals surface area contributed by atoms with Crippen LogP contribution in [-0.4, -0.2) is 66.7 Å². The minimum absolute atomic E-state index is 0.113. The lowest BCUT2D eigenvalue weighted by Gasteiger charge is -2.36. The molecule has 0 radical (unpaired) electrons. The highest BCUT2D eigenvalue weighted by molar-refractivity contribution is 5.94. The molecule has 218 valence electrons. The van der Waals surface area contributed by atoms with Crippen molar-refractivity contribution in [3.63, 3.8) is 0 Å². The van der Waals surface area contributed by atoms with E-state index in [-0.39, 0.29) is 23.8 Å². The van der Waals surface area contributed by atoms with Crippen LogP contribution in [0.1, 0.15) is 81.1 Å². The van der Waals surface area contributed by atoms with Gasteiger partial charge in [0.2, 0.25) is 17.7 Å². The molecule has 1 fully saturated rings. The van der Waals surface area contributed by atoms with Crippen molar-refractivity contribution in [2.75, 3.05) is 7.05 Å². The van der Waals surface area contributed by atoms with Crippen LogP contribution >= 0.6 is 0 Å². The summed E-state index contributed by atoms with van der Waals surface area (Å²) in [7, 11) is 1.54. The molecular formula is C26H44F3N5O4. The van der Waals surface area contributed by atoms with Crippen molar-refractivity contribution >= 4 is 29.8 Å². The van der Waals surface area contributed by atoms with E-state index in [1.165, 1.54) is 34.0 Å². The van der Waals surface area contributed by atoms with Crippen LogP contribution in [0.2, 0.25) is 0 Å². The number of carbonyl (C=O) groups is 4. The van der Waals surface area contributed by atoms with Crippen LogP contribution in [-0.2, 0) is 19.2 Å². The average Bonchev–Trinajstić information content (AvgIpc) is 2.70. The molecule has 1 heterocycles. The molecule has 0 bridgehead atoms. The zero-order valence-electron chi connectivity index (χ0n) is 23.9. The van der Waals surface area contributed by atoms with Gasteiger partial charge in [0.1, 0.15) is 12.1 Å². The predicted octanol–water partition coefficient (Wildman–Crippen LogP) is 2.88. The van der Waals surface area contributed by atoms with Gasteiger partial charge in [0, 0.05) is 24.7 Å². The van der Waals surface area contributed by atoms with E-state index < -0.39 is 52.9 Å². The molecule has 38 heavy (non-hydrogen) atoms. The van der Waals surface area contributed by atoms with E-state index in [1.807, 2.05) is 34.6 Å². The van der Waals surface area contributed by atoms with Gasteiger partial charge in [-0.1, -0.05) is 41.5 Å². The number of rotatable bonds is 9. The van der Waals surface area contributed by atoms with Gasteiger partial charge in [0.15, 0.2) is 0 Å². The number of nitrogens with one attached hydrogen (secondary N) is 4. The third kappa shape index (κ3) is 11.0. The fourth-order valence-corrected chi connectivity index (χ4v) is 4.28. The lowest BCUT2D eigenvalue weighted by molar-refractivity contribution is -0.175. The van der Waals surface area contributed by atoms with Crippen molar-refractivity contribution in [3.8, 4) is 0 Å². The van der Waals surface area contributed by atoms with Gasteiger partial charge < -0.3 is 21.3 Å². The van der Waals surface area contributed by atoms with Crippen LogP contribution in [0.4, 0.5) is 13.2 Å². The predicted molar refractivity (Wildman–Crippen MR) is 139 cm³/mol. The number of nitrogens with zero attached hydrogens (tertiary/aromatic N) is 1. The van der Waals surface area contributed by atoms with Gasteiger partial charge in [0.05, 0.1) is 6.04 Å². The number of alkyl halides is 3. The molecule has 0 unspecified atom stereocenters. The molecule has 12 heteroatoms. The van der Waals surface area contributed by atoms with E-state index in [1.54, 1.807) is 5.32 Å². The Hall–Kier alpha value is -2.66. The number of carbonyl (C=O) groups excluding carboxylic acids is 4. The lowest BCUT2D eigenvalue weighted by atomic mass is 9.83. The number of hydrogen-bond acceptors (Lipinski definition) is 5. The van der Waals surface area contributed by atoms with Crippen molar-refractivity contribution in [1.29, 1.82) is 0 Å². The summed E-state index contributed by atoms with van der Waals surface area (Å²) < 4.78 is 38.7. The molecule has 0 spiro atoms. The number of piperidine rings is 1. The van der Waals surface area contributed by atoms with E-state index in [4.69, 9.17) is 0 Å². The van der Waals surface area contributed by atoms with Crippen molar-refractivity contribution in [1.82, 2.24) is 21.3 Å². The van der Waals surface area contributed by atoms with Crippen LogP contribution in [0.25, 0.3) is 0 Å². The third-order valence-electron chi connectivity index (χ3n) is 6.26. The van der Waals surface area contributed by atoms with Crippen LogP contribution in [0.15, 0.2) is 4.99 Å². The van der Waals surface area contributed by atoms with Crippen molar-refractivity contribution in [2.45, 2.75) is 111 Å². The summed E-state index contributed by atoms with van der Waals surface area (Å²) >= 11 is 0. The Morgan fingerprint density at radius 2 is 1.63 bits per heavy atom. The first-order valence-corrected chi connectivity index (χ1v) is 12.8. The summed E-state index contributed by atoms with van der Waals surface area (Å²) in [6, 6.07) is -3.26. The second kappa shape index (κ2) is 12.5. The Morgan fingerprint density at radius 3 is 2.08 bits per heavy atom. The molecule has 4 amide bonds. The molecular weight excluding hydrogens is 503 g/mol. The standard InChI is InChI=1S/C26H44F3N5O4/c1-23(2,3)13-17(32-21(37)18(24(4,5)6)33-22(38)26(27,28)29)20(36)31-16(14-30-9)12-15-10-11-25(7,8)34-19(15)35/h14-18H,10-13H2,1-9H3,(H,31,36)(H,32,37)(H,33,38)(H,34,35)/b30-14+/t15-,16-,17-,18+/m0/s1. The fourth-order valence-electron chi connectivity index (χ4n) is 4.28. The maximum Gasteiger partial charge on any atom is 0.471 e. The van der Waals surface area contributed by atoms with Gasteiger partial charge in [0.25, 0.3) is 0 Å². The minimum atomic E-state index is -5.17. The largest absolute Gasteiger partial charge is 0.471 e. The molecule has 0 aliphatic carbocycles. The molecule has 1 aliphatic heterocycles. The number of halogens is 3. The summed E-state index contributed by atoms with van der Waals surface area (Å²) in [5, 5.41) is 10.1. The van der Waals surface area contributed by atoms with Gasteiger partial charge in [-0.3, -0.25) is 24.2 Å². The lowest BCUT2D eigenvalue weighted by Crippen LogP contribution is -2.60. The first kappa shape index (κ1) is 33.4. The molecule has 1 rings (SSSR count). The van der Waals surface area contributed by atoms with Crippen LogP contribution in [0.3, 0.4) is 0 Å². The zero-order valence-corrected chi connectivity index (χ0v) is 23.9. The van der Waals surface area contributed by atoms with Gasteiger partial charge in [-0.2, -0.15) is 13.2 Å². The van der Waals surface area contributed by atoms with Gasteiger partial charge in [-0.15, -0.1) is 0 Å². The highest BCUT2D eigenvalue weighted by Crippen LogP contribution is 2.27. The Morgan fingerprint density at radius 1 is 1.05 bits per heavy atom. The summed E-state index contributed by atoms with van der Waals surface area (Å²) in [6.45, 7) is 14.0. The molecule has 9 nitrogen and oxygen atoms in total. The molecule has 0 saturated carbocycles. The molecule has 4 atom stereocenters. The van der Waals surface area contributed by atoms with Gasteiger partial charge in [-0.25, -0.2) is 0 Å². The zero-order chi connectivity index (χ0) is 29.7. The van der Waals surface area contributed by atoms with Crippen molar-refractivity contribution < 1.29 is 32.3 Å². The Kier molecular flexibility index (Phi) is 10.9. The van der Waals surface area contributed by atoms with Crippen molar-refractivity contribution in [3.05, 3.63) is 0 Å². The maximum atomic E-state index is 13.4. The molecule has 0 aromatic rings. The van der Waals surface area contributed by atoms with E-state index >= 15 is 0 Å². The van der Waals surface area contributed by atoms with Crippen LogP contribution < -0.4 is 21.3 Å². The highest BCUT2D eigenvalue weighted by Gasteiger charge is 2.44. The monoisotopic (exact) mass is 547 g/mol. The topological polar surface area (TPSA) is 129 Å². The Bertz CT molecular complexity index is 904. The highest BCUT2D eigenvalue weighted by atomic mass is 19.4. The van der Waals surface area contributed by atoms with E-state index in [0.717, 1.165) is 6.42 Å². The number of amides is 4. The third-order valence-corrected chi connectivity index (χ3v) is 6.26. The number of aliphatic imine (C=N–C) groups is 1. The summed E-state index contributed by atoms with van der Waals surface area (Å²) in [6.07, 6.45) is -1.77. The van der Waals surface area contributed by atoms with Gasteiger partial charge >= 0.3 is 12.1 Å². The summed E-state index contributed by atoms with van der Waals surface area (Å²) in [5.74, 6) is -4.17. The van der Waals surface area contributed by atoms with Gasteiger partial charge in [-0.05, 0) is 50.4 Å². The van der Waals surface area contributed by atoms with Crippen LogP contribution in [0.5, 0.6) is 0 Å². The summed E-state index contributed by atoms with van der Waals surface area (Å²) in [4.78, 5) is 54.7. The normalized spacial score (nSPS) is 20.7. The quantitative estimate of drug-likeness (QED) is 0.331. The first-order valence-electron chi connectivity index (χ1n) is 12.8. The van der Waals surface area contributed by atoms with E-state index in [2.05, 4.69) is 20.9 Å². The fraction of sp³-hybridized carbons (Fsp3) is 0.808. The smallest absolute Gasteiger partial charge is 0.351 e. The maximum absolute atomic E-state index is 13.4. The molecule has 1 saturated heterocycles. The van der Waals surface area contributed by atoms with E-state index in [9.17, 15) is 32.3 Å². The van der Waals surface area contributed by atoms with E-state index in [0.29, 0.717) is 12.8 Å². The SMILES string of the molecule is C/N=C/[C@H](C[C@@H]1CCC(C)(C)NC1=O)NC(=O)[C@H](CC(C)(C)C)NC(=O)[C@@H](NC(=O)C(F)(F)F)C(C)(C)C. The second-order valence-electron chi connectivity index (χ2n) is 13.0. The second-order valence-corrected chi connectivity index (χ2v) is 13.0. The molecule has 0 aromatic carbocycles. The molecule has 1 aliphatic rings.